The highest BCUT2D eigenvalue weighted by molar-refractivity contribution is 14.1. The fourth-order valence-corrected chi connectivity index (χ4v) is 1.92. The van der Waals surface area contributed by atoms with Gasteiger partial charge in [-0.3, -0.25) is 9.89 Å². The van der Waals surface area contributed by atoms with E-state index in [-0.39, 0.29) is 17.2 Å². The van der Waals surface area contributed by atoms with Gasteiger partial charge in [-0.05, 0) is 40.8 Å². The number of carbonyl (C=O) groups excluding carboxylic acids is 1. The third-order valence-electron chi connectivity index (χ3n) is 2.32. The maximum atomic E-state index is 11.8. The molecule has 0 aliphatic carbocycles. The summed E-state index contributed by atoms with van der Waals surface area (Å²) in [6, 6.07) is 4.88. The van der Waals surface area contributed by atoms with E-state index < -0.39 is 0 Å². The van der Waals surface area contributed by atoms with Crippen LogP contribution < -0.4 is 5.32 Å². The number of nitrogens with one attached hydrogen (secondary N) is 2. The summed E-state index contributed by atoms with van der Waals surface area (Å²) in [7, 11) is 0. The molecule has 2 aromatic rings. The number of carbonyl (C=O) groups is 1. The van der Waals surface area contributed by atoms with Crippen molar-refractivity contribution in [2.24, 2.45) is 0 Å². The molecule has 0 aliphatic heterocycles. The third-order valence-corrected chi connectivity index (χ3v) is 2.99. The Balaban J connectivity index is 1.93. The molecular weight excluding hydrogens is 347 g/mol. The molecule has 0 atom stereocenters. The van der Waals surface area contributed by atoms with Gasteiger partial charge in [-0.15, -0.1) is 0 Å². The minimum Gasteiger partial charge on any atom is -0.507 e. The van der Waals surface area contributed by atoms with E-state index in [1.165, 1.54) is 12.4 Å². The maximum absolute atomic E-state index is 11.8. The molecule has 0 unspecified atom stereocenters. The molecule has 0 fully saturated rings. The number of benzene rings is 1. The molecule has 0 saturated carbocycles. The van der Waals surface area contributed by atoms with E-state index in [0.717, 1.165) is 3.57 Å². The number of aromatic amines is 1. The largest absolute Gasteiger partial charge is 0.507 e. The van der Waals surface area contributed by atoms with Crippen LogP contribution in [0.15, 0.2) is 24.5 Å². The Hall–Kier alpha value is -1.64. The fraction of sp³-hybridized carbons (Fsp3) is 0.182. The zero-order chi connectivity index (χ0) is 13.0. The Labute approximate surface area is 117 Å². The number of halogens is 1. The second-order valence-electron chi connectivity index (χ2n) is 3.60. The summed E-state index contributed by atoms with van der Waals surface area (Å²) < 4.78 is 0.894. The van der Waals surface area contributed by atoms with Crippen LogP contribution >= 0.6 is 22.6 Å². The normalized spacial score (nSPS) is 10.3. The molecule has 0 radical (unpaired) electrons. The van der Waals surface area contributed by atoms with Crippen LogP contribution in [0, 0.1) is 3.57 Å². The van der Waals surface area contributed by atoms with Gasteiger partial charge in [0, 0.05) is 16.5 Å². The fourth-order valence-electron chi connectivity index (χ4n) is 1.43. The van der Waals surface area contributed by atoms with Gasteiger partial charge in [0.2, 0.25) is 0 Å². The van der Waals surface area contributed by atoms with Gasteiger partial charge >= 0.3 is 0 Å². The molecule has 1 heterocycles. The van der Waals surface area contributed by atoms with Gasteiger partial charge in [-0.1, -0.05) is 0 Å². The van der Waals surface area contributed by atoms with Crippen LogP contribution in [0.1, 0.15) is 16.2 Å². The highest BCUT2D eigenvalue weighted by Crippen LogP contribution is 2.19. The maximum Gasteiger partial charge on any atom is 0.255 e. The van der Waals surface area contributed by atoms with E-state index >= 15 is 0 Å². The summed E-state index contributed by atoms with van der Waals surface area (Å²) >= 11 is 2.09. The van der Waals surface area contributed by atoms with Crippen molar-refractivity contribution in [3.05, 3.63) is 39.5 Å². The van der Waals surface area contributed by atoms with E-state index in [4.69, 9.17) is 0 Å². The zero-order valence-electron chi connectivity index (χ0n) is 9.35. The number of amides is 1. The monoisotopic (exact) mass is 358 g/mol. The molecule has 1 amide bonds. The lowest BCUT2D eigenvalue weighted by atomic mass is 10.2. The van der Waals surface area contributed by atoms with Gasteiger partial charge in [0.25, 0.3) is 5.91 Å². The van der Waals surface area contributed by atoms with Gasteiger partial charge < -0.3 is 10.4 Å². The second kappa shape index (κ2) is 5.80. The standard InChI is InChI=1S/C11H11IN4O2/c12-7-1-2-9(17)8(5-7)11(18)13-4-3-10-14-6-15-16-10/h1-2,5-6,17H,3-4H2,(H,13,18)(H,14,15,16). The lowest BCUT2D eigenvalue weighted by Gasteiger charge is -2.06. The van der Waals surface area contributed by atoms with Crippen molar-refractivity contribution in [2.75, 3.05) is 6.54 Å². The molecule has 0 bridgehead atoms. The van der Waals surface area contributed by atoms with Crippen molar-refractivity contribution in [1.29, 1.82) is 0 Å². The van der Waals surface area contributed by atoms with Crippen molar-refractivity contribution >= 4 is 28.5 Å². The van der Waals surface area contributed by atoms with Crippen molar-refractivity contribution < 1.29 is 9.90 Å². The molecule has 18 heavy (non-hydrogen) atoms. The molecular formula is C11H11IN4O2. The second-order valence-corrected chi connectivity index (χ2v) is 4.85. The van der Waals surface area contributed by atoms with E-state index in [1.807, 2.05) is 0 Å². The summed E-state index contributed by atoms with van der Waals surface area (Å²) in [5.41, 5.74) is 0.277. The highest BCUT2D eigenvalue weighted by Gasteiger charge is 2.11. The molecule has 2 rings (SSSR count). The summed E-state index contributed by atoms with van der Waals surface area (Å²) in [5.74, 6) is 0.389. The number of hydrogen-bond donors (Lipinski definition) is 3. The molecule has 3 N–H and O–H groups in total. The molecule has 0 spiro atoms. The smallest absolute Gasteiger partial charge is 0.255 e. The number of aromatic hydroxyl groups is 1. The number of aromatic nitrogens is 3. The van der Waals surface area contributed by atoms with E-state index in [1.54, 1.807) is 12.1 Å². The van der Waals surface area contributed by atoms with Crippen molar-refractivity contribution in [3.8, 4) is 5.75 Å². The first kappa shape index (κ1) is 12.8. The lowest BCUT2D eigenvalue weighted by Crippen LogP contribution is -2.26. The Kier molecular flexibility index (Phi) is 4.13. The molecule has 0 saturated heterocycles. The number of nitrogens with zero attached hydrogens (tertiary/aromatic N) is 2. The molecule has 6 nitrogen and oxygen atoms in total. The van der Waals surface area contributed by atoms with Gasteiger partial charge in [-0.2, -0.15) is 5.10 Å². The Morgan fingerprint density at radius 3 is 3.06 bits per heavy atom. The van der Waals surface area contributed by atoms with E-state index in [0.29, 0.717) is 18.8 Å². The van der Waals surface area contributed by atoms with Crippen LogP contribution in [0.3, 0.4) is 0 Å². The quantitative estimate of drug-likeness (QED) is 0.714. The minimum absolute atomic E-state index is 0.0208. The molecule has 7 heteroatoms. The summed E-state index contributed by atoms with van der Waals surface area (Å²) in [4.78, 5) is 15.8. The molecule has 0 aliphatic rings. The predicted octanol–water partition coefficient (Wildman–Crippen LogP) is 1.09. The van der Waals surface area contributed by atoms with Crippen LogP contribution in [-0.4, -0.2) is 32.7 Å². The first-order valence-electron chi connectivity index (χ1n) is 5.28. The van der Waals surface area contributed by atoms with Crippen LogP contribution in [0.4, 0.5) is 0 Å². The van der Waals surface area contributed by atoms with Gasteiger partial charge in [0.15, 0.2) is 0 Å². The molecule has 1 aromatic heterocycles. The number of phenolic OH excluding ortho intramolecular Hbond substituents is 1. The van der Waals surface area contributed by atoms with Gasteiger partial charge in [0.1, 0.15) is 17.9 Å². The lowest BCUT2D eigenvalue weighted by molar-refractivity contribution is 0.0951. The molecule has 94 valence electrons. The highest BCUT2D eigenvalue weighted by atomic mass is 127. The molecule has 1 aromatic carbocycles. The van der Waals surface area contributed by atoms with Crippen LogP contribution in [0.2, 0.25) is 0 Å². The first-order chi connectivity index (χ1) is 8.66. The van der Waals surface area contributed by atoms with Crippen LogP contribution in [-0.2, 0) is 6.42 Å². The Bertz CT molecular complexity index is 542. The average molecular weight is 358 g/mol. The SMILES string of the molecule is O=C(NCCc1ncn[nH]1)c1cc(I)ccc1O. The summed E-state index contributed by atoms with van der Waals surface area (Å²) in [6.45, 7) is 0.430. The summed E-state index contributed by atoms with van der Waals surface area (Å²) in [6.07, 6.45) is 1.99. The predicted molar refractivity (Wildman–Crippen MR) is 73.2 cm³/mol. The number of phenols is 1. The van der Waals surface area contributed by atoms with Gasteiger partial charge in [0.05, 0.1) is 5.56 Å². The first-order valence-corrected chi connectivity index (χ1v) is 6.35. The Morgan fingerprint density at radius 2 is 2.33 bits per heavy atom. The minimum atomic E-state index is -0.300. The third kappa shape index (κ3) is 3.19. The van der Waals surface area contributed by atoms with E-state index in [9.17, 15) is 9.90 Å². The average Bonchev–Trinajstić information content (AvgIpc) is 2.85. The zero-order valence-corrected chi connectivity index (χ0v) is 11.5. The van der Waals surface area contributed by atoms with Crippen molar-refractivity contribution in [1.82, 2.24) is 20.5 Å². The van der Waals surface area contributed by atoms with Crippen LogP contribution in [0.5, 0.6) is 5.75 Å². The van der Waals surface area contributed by atoms with Crippen LogP contribution in [0.25, 0.3) is 0 Å². The number of hydrogen-bond acceptors (Lipinski definition) is 4. The van der Waals surface area contributed by atoms with Crippen molar-refractivity contribution in [2.45, 2.75) is 6.42 Å². The summed E-state index contributed by atoms with van der Waals surface area (Å²) in [5, 5.41) is 18.7. The van der Waals surface area contributed by atoms with Gasteiger partial charge in [-0.25, -0.2) is 4.98 Å². The van der Waals surface area contributed by atoms with Crippen molar-refractivity contribution in [3.63, 3.8) is 0 Å². The number of H-pyrrole nitrogens is 1. The number of rotatable bonds is 4. The topological polar surface area (TPSA) is 90.9 Å². The Morgan fingerprint density at radius 1 is 1.50 bits per heavy atom. The van der Waals surface area contributed by atoms with E-state index in [2.05, 4.69) is 43.1 Å².